The van der Waals surface area contributed by atoms with E-state index in [0.29, 0.717) is 18.2 Å². The van der Waals surface area contributed by atoms with Crippen LogP contribution in [0.25, 0.3) is 5.88 Å². The van der Waals surface area contributed by atoms with Gasteiger partial charge in [-0.15, -0.1) is 0 Å². The summed E-state index contributed by atoms with van der Waals surface area (Å²) in [6.07, 6.45) is 3.55. The molecule has 0 radical (unpaired) electrons. The topological polar surface area (TPSA) is 83.4 Å². The first-order valence-electron chi connectivity index (χ1n) is 9.98. The molecule has 0 saturated carbocycles. The zero-order chi connectivity index (χ0) is 20.9. The second-order valence-corrected chi connectivity index (χ2v) is 7.30. The number of benzene rings is 1. The summed E-state index contributed by atoms with van der Waals surface area (Å²) in [6.45, 7) is 6.46. The van der Waals surface area contributed by atoms with Crippen molar-refractivity contribution in [1.82, 2.24) is 14.8 Å². The number of aryl methyl sites for hydroxylation is 1. The van der Waals surface area contributed by atoms with Crippen LogP contribution in [-0.2, 0) is 17.8 Å². The Balaban J connectivity index is 1.41. The average molecular weight is 404 g/mol. The molecular weight excluding hydrogens is 380 g/mol. The number of furan rings is 1. The summed E-state index contributed by atoms with van der Waals surface area (Å²) in [5, 5.41) is 12.5. The van der Waals surface area contributed by atoms with E-state index in [1.807, 2.05) is 24.3 Å². The molecular formula is C23H24N4O3. The van der Waals surface area contributed by atoms with E-state index in [1.165, 1.54) is 5.56 Å². The monoisotopic (exact) mass is 404 g/mol. The van der Waals surface area contributed by atoms with Crippen LogP contribution >= 0.6 is 0 Å². The van der Waals surface area contributed by atoms with Crippen molar-refractivity contribution in [3.05, 3.63) is 76.8 Å². The second kappa shape index (κ2) is 8.99. The standard InChI is InChI=1S/C23H24N4O3/c1-17-21(20(14-24)23(30-17)27-8-2-3-9-27)22(28)25-15-18-4-6-19(7-5-18)16-26-10-12-29-13-11-26/h2-9H,10-13,15-16H2,1H3,(H,25,28). The lowest BCUT2D eigenvalue weighted by atomic mass is 10.1. The number of rotatable bonds is 6. The van der Waals surface area contributed by atoms with Crippen LogP contribution in [0.3, 0.4) is 0 Å². The predicted octanol–water partition coefficient (Wildman–Crippen LogP) is 3.01. The first kappa shape index (κ1) is 20.0. The highest BCUT2D eigenvalue weighted by Crippen LogP contribution is 2.25. The predicted molar refractivity (Wildman–Crippen MR) is 111 cm³/mol. The maximum atomic E-state index is 12.8. The zero-order valence-electron chi connectivity index (χ0n) is 16.9. The highest BCUT2D eigenvalue weighted by atomic mass is 16.5. The average Bonchev–Trinajstić information content (AvgIpc) is 3.41. The van der Waals surface area contributed by atoms with Crippen LogP contribution in [0.2, 0.25) is 0 Å². The minimum absolute atomic E-state index is 0.238. The first-order valence-corrected chi connectivity index (χ1v) is 9.98. The van der Waals surface area contributed by atoms with Gasteiger partial charge in [0.15, 0.2) is 0 Å². The fourth-order valence-electron chi connectivity index (χ4n) is 3.61. The number of ether oxygens (including phenoxy) is 1. The molecule has 0 spiro atoms. The number of morpholine rings is 1. The molecule has 1 amide bonds. The lowest BCUT2D eigenvalue weighted by Gasteiger charge is -2.26. The summed E-state index contributed by atoms with van der Waals surface area (Å²) in [7, 11) is 0. The highest BCUT2D eigenvalue weighted by molar-refractivity contribution is 5.98. The number of nitriles is 1. The van der Waals surface area contributed by atoms with Crippen LogP contribution in [-0.4, -0.2) is 41.7 Å². The SMILES string of the molecule is Cc1oc(-n2cccc2)c(C#N)c1C(=O)NCc1ccc(CN2CCOCC2)cc1. The number of amides is 1. The Morgan fingerprint density at radius 2 is 1.80 bits per heavy atom. The van der Waals surface area contributed by atoms with Crippen molar-refractivity contribution < 1.29 is 13.9 Å². The summed E-state index contributed by atoms with van der Waals surface area (Å²) < 4.78 is 12.8. The Morgan fingerprint density at radius 3 is 2.47 bits per heavy atom. The third-order valence-corrected chi connectivity index (χ3v) is 5.23. The number of carbonyl (C=O) groups is 1. The maximum absolute atomic E-state index is 12.8. The lowest BCUT2D eigenvalue weighted by molar-refractivity contribution is 0.0342. The van der Waals surface area contributed by atoms with E-state index in [-0.39, 0.29) is 17.0 Å². The number of nitrogens with zero attached hydrogens (tertiary/aromatic N) is 3. The fourth-order valence-corrected chi connectivity index (χ4v) is 3.61. The molecule has 154 valence electrons. The van der Waals surface area contributed by atoms with Gasteiger partial charge in [-0.1, -0.05) is 24.3 Å². The number of carbonyl (C=O) groups excluding carboxylic acids is 1. The van der Waals surface area contributed by atoms with Gasteiger partial charge in [-0.05, 0) is 30.2 Å². The number of aromatic nitrogens is 1. The summed E-state index contributed by atoms with van der Waals surface area (Å²) >= 11 is 0. The molecule has 0 bridgehead atoms. The summed E-state index contributed by atoms with van der Waals surface area (Å²) in [5.74, 6) is 0.467. The Morgan fingerprint density at radius 1 is 1.13 bits per heavy atom. The fraction of sp³-hybridized carbons (Fsp3) is 0.304. The van der Waals surface area contributed by atoms with Gasteiger partial charge in [-0.3, -0.25) is 14.3 Å². The molecule has 2 aromatic heterocycles. The third kappa shape index (κ3) is 4.30. The minimum atomic E-state index is -0.316. The van der Waals surface area contributed by atoms with E-state index in [9.17, 15) is 10.1 Å². The van der Waals surface area contributed by atoms with Crippen molar-refractivity contribution in [1.29, 1.82) is 5.26 Å². The van der Waals surface area contributed by atoms with Crippen molar-refractivity contribution in [3.63, 3.8) is 0 Å². The van der Waals surface area contributed by atoms with Gasteiger partial charge in [-0.25, -0.2) is 0 Å². The van der Waals surface area contributed by atoms with Crippen LogP contribution in [0, 0.1) is 18.3 Å². The highest BCUT2D eigenvalue weighted by Gasteiger charge is 2.24. The van der Waals surface area contributed by atoms with Crippen LogP contribution in [0.4, 0.5) is 0 Å². The molecule has 1 fully saturated rings. The van der Waals surface area contributed by atoms with Crippen LogP contribution in [0.5, 0.6) is 0 Å². The van der Waals surface area contributed by atoms with E-state index in [0.717, 1.165) is 38.4 Å². The lowest BCUT2D eigenvalue weighted by Crippen LogP contribution is -2.35. The summed E-state index contributed by atoms with van der Waals surface area (Å²) in [5.41, 5.74) is 2.76. The zero-order valence-corrected chi connectivity index (χ0v) is 16.9. The maximum Gasteiger partial charge on any atom is 0.256 e. The molecule has 3 aromatic rings. The molecule has 0 unspecified atom stereocenters. The van der Waals surface area contributed by atoms with E-state index in [4.69, 9.17) is 9.15 Å². The summed E-state index contributed by atoms with van der Waals surface area (Å²) in [6, 6.07) is 14.0. The molecule has 1 aliphatic heterocycles. The molecule has 30 heavy (non-hydrogen) atoms. The molecule has 0 aliphatic carbocycles. The summed E-state index contributed by atoms with van der Waals surface area (Å²) in [4.78, 5) is 15.1. The Hall–Kier alpha value is -3.34. The van der Waals surface area contributed by atoms with Gasteiger partial charge in [-0.2, -0.15) is 5.26 Å². The quantitative estimate of drug-likeness (QED) is 0.683. The van der Waals surface area contributed by atoms with Crippen LogP contribution < -0.4 is 5.32 Å². The van der Waals surface area contributed by atoms with Crippen molar-refractivity contribution in [3.8, 4) is 12.0 Å². The molecule has 1 aromatic carbocycles. The molecule has 7 nitrogen and oxygen atoms in total. The van der Waals surface area contributed by atoms with Crippen LogP contribution in [0.1, 0.15) is 32.8 Å². The number of hydrogen-bond donors (Lipinski definition) is 1. The molecule has 1 aliphatic rings. The minimum Gasteiger partial charge on any atom is -0.443 e. The van der Waals surface area contributed by atoms with Crippen molar-refractivity contribution in [2.45, 2.75) is 20.0 Å². The van der Waals surface area contributed by atoms with E-state index in [1.54, 1.807) is 23.9 Å². The van der Waals surface area contributed by atoms with Gasteiger partial charge < -0.3 is 14.5 Å². The second-order valence-electron chi connectivity index (χ2n) is 7.30. The van der Waals surface area contributed by atoms with E-state index >= 15 is 0 Å². The largest absolute Gasteiger partial charge is 0.443 e. The third-order valence-electron chi connectivity index (χ3n) is 5.23. The Bertz CT molecular complexity index is 1040. The van der Waals surface area contributed by atoms with Gasteiger partial charge in [0.2, 0.25) is 5.88 Å². The number of nitrogens with one attached hydrogen (secondary N) is 1. The first-order chi connectivity index (χ1) is 14.7. The smallest absolute Gasteiger partial charge is 0.256 e. The van der Waals surface area contributed by atoms with Gasteiger partial charge in [0.1, 0.15) is 23.0 Å². The molecule has 0 atom stereocenters. The van der Waals surface area contributed by atoms with Gasteiger partial charge in [0.25, 0.3) is 5.91 Å². The molecule has 4 rings (SSSR count). The molecule has 1 N–H and O–H groups in total. The molecule has 3 heterocycles. The van der Waals surface area contributed by atoms with Crippen molar-refractivity contribution >= 4 is 5.91 Å². The van der Waals surface area contributed by atoms with E-state index < -0.39 is 0 Å². The molecule has 1 saturated heterocycles. The number of hydrogen-bond acceptors (Lipinski definition) is 5. The van der Waals surface area contributed by atoms with E-state index in [2.05, 4.69) is 28.4 Å². The van der Waals surface area contributed by atoms with Crippen molar-refractivity contribution in [2.75, 3.05) is 26.3 Å². The van der Waals surface area contributed by atoms with Gasteiger partial charge in [0, 0.05) is 38.6 Å². The van der Waals surface area contributed by atoms with Gasteiger partial charge in [0.05, 0.1) is 13.2 Å². The van der Waals surface area contributed by atoms with Gasteiger partial charge >= 0.3 is 0 Å². The normalized spacial score (nSPS) is 14.4. The Labute approximate surface area is 175 Å². The van der Waals surface area contributed by atoms with Crippen molar-refractivity contribution in [2.24, 2.45) is 0 Å². The van der Waals surface area contributed by atoms with Crippen LogP contribution in [0.15, 0.2) is 53.2 Å². The Kier molecular flexibility index (Phi) is 5.98. The molecule has 7 heteroatoms.